The first-order valence-corrected chi connectivity index (χ1v) is 5.28. The molecule has 0 bridgehead atoms. The predicted octanol–water partition coefficient (Wildman–Crippen LogP) is 0.666. The summed E-state index contributed by atoms with van der Waals surface area (Å²) < 4.78 is 6.41. The number of aromatic nitrogens is 2. The summed E-state index contributed by atoms with van der Waals surface area (Å²) in [5, 5.41) is 0. The fourth-order valence-corrected chi connectivity index (χ4v) is 2.03. The van der Waals surface area contributed by atoms with Gasteiger partial charge in [-0.1, -0.05) is 0 Å². The van der Waals surface area contributed by atoms with Gasteiger partial charge in [0.1, 0.15) is 16.3 Å². The van der Waals surface area contributed by atoms with Gasteiger partial charge in [-0.3, -0.25) is 9.36 Å². The van der Waals surface area contributed by atoms with Gasteiger partial charge in [0.25, 0.3) is 5.56 Å². The van der Waals surface area contributed by atoms with E-state index in [0.717, 1.165) is 0 Å². The molecule has 5 nitrogen and oxygen atoms in total. The van der Waals surface area contributed by atoms with Gasteiger partial charge in [0.05, 0.1) is 7.11 Å². The van der Waals surface area contributed by atoms with Crippen molar-refractivity contribution in [2.24, 2.45) is 0 Å². The second-order valence-corrected chi connectivity index (χ2v) is 4.13. The van der Waals surface area contributed by atoms with E-state index in [0.29, 0.717) is 23.1 Å². The molecule has 0 saturated heterocycles. The molecule has 0 radical (unpaired) electrons. The van der Waals surface area contributed by atoms with Crippen LogP contribution in [0.1, 0.15) is 18.3 Å². The largest absolute Gasteiger partial charge is 0.467 e. The number of carbonyl (C=O) groups is 1. The van der Waals surface area contributed by atoms with E-state index in [1.807, 2.05) is 0 Å². The third-order valence-corrected chi connectivity index (χ3v) is 3.00. The van der Waals surface area contributed by atoms with Crippen LogP contribution in [0.5, 0.6) is 0 Å². The first-order valence-electron chi connectivity index (χ1n) is 4.49. The van der Waals surface area contributed by atoms with Gasteiger partial charge >= 0.3 is 5.97 Å². The summed E-state index contributed by atoms with van der Waals surface area (Å²) >= 11 is 3.10. The first-order chi connectivity index (χ1) is 7.15. The third kappa shape index (κ3) is 1.58. The molecule has 15 heavy (non-hydrogen) atoms. The van der Waals surface area contributed by atoms with Crippen LogP contribution < -0.4 is 5.56 Å². The summed E-state index contributed by atoms with van der Waals surface area (Å²) in [4.78, 5) is 27.3. The van der Waals surface area contributed by atoms with E-state index in [-0.39, 0.29) is 5.56 Å². The van der Waals surface area contributed by atoms with Crippen LogP contribution in [-0.2, 0) is 16.0 Å². The number of hydrogen-bond acceptors (Lipinski definition) is 4. The normalized spacial score (nSPS) is 18.7. The Hall–Kier alpha value is -1.17. The van der Waals surface area contributed by atoms with Crippen molar-refractivity contribution in [1.29, 1.82) is 0 Å². The molecule has 0 amide bonds. The Bertz CT molecular complexity index is 469. The minimum Gasteiger partial charge on any atom is -0.467 e. The molecule has 80 valence electrons. The number of ether oxygens (including phenoxy) is 1. The number of esters is 1. The van der Waals surface area contributed by atoms with Crippen LogP contribution in [0, 0.1) is 0 Å². The Morgan fingerprint density at radius 1 is 1.73 bits per heavy atom. The number of methoxy groups -OCH3 is 1. The number of carbonyl (C=O) groups excluding carboxylic acids is 1. The van der Waals surface area contributed by atoms with Gasteiger partial charge < -0.3 is 4.74 Å². The van der Waals surface area contributed by atoms with Crippen molar-refractivity contribution in [2.75, 3.05) is 7.11 Å². The van der Waals surface area contributed by atoms with E-state index in [2.05, 4.69) is 25.7 Å². The maximum Gasteiger partial charge on any atom is 0.329 e. The molecule has 1 aliphatic rings. The first kappa shape index (κ1) is 10.4. The number of rotatable bonds is 1. The minimum absolute atomic E-state index is 0.229. The van der Waals surface area contributed by atoms with Crippen LogP contribution in [0.3, 0.4) is 0 Å². The molecule has 0 fully saturated rings. The lowest BCUT2D eigenvalue weighted by Crippen LogP contribution is -2.29. The van der Waals surface area contributed by atoms with Crippen LogP contribution in [0.2, 0.25) is 0 Å². The summed E-state index contributed by atoms with van der Waals surface area (Å²) in [6, 6.07) is -0.525. The molecule has 0 saturated carbocycles. The van der Waals surface area contributed by atoms with Gasteiger partial charge in [0, 0.05) is 12.6 Å². The highest BCUT2D eigenvalue weighted by Crippen LogP contribution is 2.23. The number of halogens is 1. The average Bonchev–Trinajstić information content (AvgIpc) is 2.67. The van der Waals surface area contributed by atoms with Gasteiger partial charge in [0.2, 0.25) is 0 Å². The van der Waals surface area contributed by atoms with Crippen molar-refractivity contribution < 1.29 is 9.53 Å². The van der Waals surface area contributed by atoms with E-state index in [1.165, 1.54) is 17.9 Å². The van der Waals surface area contributed by atoms with E-state index in [1.54, 1.807) is 0 Å². The van der Waals surface area contributed by atoms with E-state index in [4.69, 9.17) is 0 Å². The summed E-state index contributed by atoms with van der Waals surface area (Å²) in [6.45, 7) is 0. The molecule has 1 aliphatic heterocycles. The van der Waals surface area contributed by atoms with Crippen molar-refractivity contribution in [3.63, 3.8) is 0 Å². The van der Waals surface area contributed by atoms with Gasteiger partial charge in [-0.05, 0) is 22.4 Å². The molecule has 1 atom stereocenters. The lowest BCUT2D eigenvalue weighted by molar-refractivity contribution is -0.144. The predicted molar refractivity (Wildman–Crippen MR) is 55.6 cm³/mol. The maximum absolute atomic E-state index is 11.8. The zero-order valence-corrected chi connectivity index (χ0v) is 9.65. The second-order valence-electron chi connectivity index (χ2n) is 3.28. The van der Waals surface area contributed by atoms with Gasteiger partial charge in [-0.2, -0.15) is 0 Å². The van der Waals surface area contributed by atoms with Crippen LogP contribution in [0.15, 0.2) is 15.5 Å². The van der Waals surface area contributed by atoms with E-state index >= 15 is 0 Å². The Labute approximate surface area is 94.2 Å². The Balaban J connectivity index is 2.54. The van der Waals surface area contributed by atoms with Crippen LogP contribution >= 0.6 is 15.9 Å². The van der Waals surface area contributed by atoms with Gasteiger partial charge in [0.15, 0.2) is 0 Å². The standard InChI is InChI=1S/C9H9BrN2O3/c1-15-9(14)6-2-3-7-11-4-5(10)8(13)12(6)7/h4,6H,2-3H2,1H3/t6-/m1/s1. The molecule has 1 aromatic heterocycles. The zero-order chi connectivity index (χ0) is 11.0. The summed E-state index contributed by atoms with van der Waals surface area (Å²) in [7, 11) is 1.32. The van der Waals surface area contributed by atoms with Gasteiger partial charge in [-0.25, -0.2) is 9.78 Å². The highest BCUT2D eigenvalue weighted by Gasteiger charge is 2.31. The molecule has 0 aliphatic carbocycles. The van der Waals surface area contributed by atoms with Crippen molar-refractivity contribution in [2.45, 2.75) is 18.9 Å². The molecule has 6 heteroatoms. The zero-order valence-electron chi connectivity index (χ0n) is 8.07. The molecular formula is C9H9BrN2O3. The molecule has 0 unspecified atom stereocenters. The fourth-order valence-electron chi connectivity index (χ4n) is 1.74. The maximum atomic E-state index is 11.8. The van der Waals surface area contributed by atoms with Crippen molar-refractivity contribution in [1.82, 2.24) is 9.55 Å². The lowest BCUT2D eigenvalue weighted by atomic mass is 10.2. The smallest absolute Gasteiger partial charge is 0.329 e. The van der Waals surface area contributed by atoms with Gasteiger partial charge in [-0.15, -0.1) is 0 Å². The molecule has 0 aromatic carbocycles. The summed E-state index contributed by atoms with van der Waals surface area (Å²) in [5.74, 6) is 0.245. The number of hydrogen-bond donors (Lipinski definition) is 0. The number of nitrogens with zero attached hydrogens (tertiary/aromatic N) is 2. The topological polar surface area (TPSA) is 61.2 Å². The molecule has 0 spiro atoms. The molecule has 0 N–H and O–H groups in total. The molecule has 2 rings (SSSR count). The van der Waals surface area contributed by atoms with Crippen molar-refractivity contribution in [3.8, 4) is 0 Å². The average molecular weight is 273 g/mol. The van der Waals surface area contributed by atoms with Crippen LogP contribution in [0.4, 0.5) is 0 Å². The van der Waals surface area contributed by atoms with E-state index in [9.17, 15) is 9.59 Å². The Morgan fingerprint density at radius 3 is 3.13 bits per heavy atom. The van der Waals surface area contributed by atoms with E-state index < -0.39 is 12.0 Å². The summed E-state index contributed by atoms with van der Waals surface area (Å²) in [5.41, 5.74) is -0.229. The second kappa shape index (κ2) is 3.77. The number of fused-ring (bicyclic) bond motifs is 1. The third-order valence-electron chi connectivity index (χ3n) is 2.45. The number of aryl methyl sites for hydroxylation is 1. The quantitative estimate of drug-likeness (QED) is 0.705. The fraction of sp³-hybridized carbons (Fsp3) is 0.444. The SMILES string of the molecule is COC(=O)[C@H]1CCc2ncc(Br)c(=O)n21. The van der Waals surface area contributed by atoms with Crippen molar-refractivity contribution >= 4 is 21.9 Å². The lowest BCUT2D eigenvalue weighted by Gasteiger charge is -2.11. The van der Waals surface area contributed by atoms with Crippen molar-refractivity contribution in [3.05, 3.63) is 26.8 Å². The molecule has 1 aromatic rings. The van der Waals surface area contributed by atoms with Crippen LogP contribution in [-0.4, -0.2) is 22.6 Å². The van der Waals surface area contributed by atoms with Crippen LogP contribution in [0.25, 0.3) is 0 Å². The Kier molecular flexibility index (Phi) is 2.60. The Morgan fingerprint density at radius 2 is 2.47 bits per heavy atom. The molecule has 2 heterocycles. The highest BCUT2D eigenvalue weighted by molar-refractivity contribution is 9.10. The summed E-state index contributed by atoms with van der Waals surface area (Å²) in [6.07, 6.45) is 2.67. The molecular weight excluding hydrogens is 264 g/mol. The minimum atomic E-state index is -0.525. The highest BCUT2D eigenvalue weighted by atomic mass is 79.9. The monoisotopic (exact) mass is 272 g/mol.